The van der Waals surface area contributed by atoms with Gasteiger partial charge in [-0.1, -0.05) is 29.8 Å². The number of nitrogens with zero attached hydrogens (tertiary/aromatic N) is 1. The monoisotopic (exact) mass is 234 g/mol. The lowest BCUT2D eigenvalue weighted by Gasteiger charge is -2.38. The fourth-order valence-corrected chi connectivity index (χ4v) is 2.29. The van der Waals surface area contributed by atoms with Crippen molar-refractivity contribution in [2.75, 3.05) is 13.1 Å². The fourth-order valence-electron chi connectivity index (χ4n) is 1.97. The number of fused-ring (bicyclic) bond motifs is 1. The fraction of sp³-hybridized carbons (Fsp3) is 0.250. The third-order valence-corrected chi connectivity index (χ3v) is 3.30. The van der Waals surface area contributed by atoms with Gasteiger partial charge >= 0.3 is 0 Å². The third kappa shape index (κ3) is 1.40. The van der Waals surface area contributed by atoms with Crippen molar-refractivity contribution >= 4 is 22.5 Å². The van der Waals surface area contributed by atoms with Crippen molar-refractivity contribution in [1.29, 1.82) is 0 Å². The third-order valence-electron chi connectivity index (χ3n) is 3.01. The molecule has 1 aromatic heterocycles. The number of hydrogen-bond acceptors (Lipinski definition) is 3. The molecule has 0 spiro atoms. The molecule has 1 saturated heterocycles. The van der Waals surface area contributed by atoms with Crippen molar-refractivity contribution in [3.8, 4) is 0 Å². The van der Waals surface area contributed by atoms with Crippen LogP contribution in [0.4, 0.5) is 0 Å². The molecule has 0 unspecified atom stereocenters. The van der Waals surface area contributed by atoms with Crippen molar-refractivity contribution in [1.82, 2.24) is 10.3 Å². The predicted molar refractivity (Wildman–Crippen MR) is 63.5 cm³/mol. The van der Waals surface area contributed by atoms with Crippen LogP contribution in [0.1, 0.15) is 5.56 Å². The Bertz CT molecular complexity index is 552. The quantitative estimate of drug-likeness (QED) is 0.738. The molecule has 2 aromatic rings. The highest BCUT2D eigenvalue weighted by atomic mass is 35.5. The van der Waals surface area contributed by atoms with Crippen LogP contribution in [-0.4, -0.2) is 23.2 Å². The summed E-state index contributed by atoms with van der Waals surface area (Å²) in [4.78, 5) is 4.30. The lowest BCUT2D eigenvalue weighted by atomic mass is 9.88. The van der Waals surface area contributed by atoms with Gasteiger partial charge in [-0.3, -0.25) is 0 Å². The molecule has 0 radical (unpaired) electrons. The zero-order chi connectivity index (χ0) is 11.2. The van der Waals surface area contributed by atoms with Crippen molar-refractivity contribution in [2.45, 2.75) is 5.60 Å². The average molecular weight is 235 g/mol. The molecule has 2 heterocycles. The Balaban J connectivity index is 2.21. The van der Waals surface area contributed by atoms with Gasteiger partial charge in [-0.2, -0.15) is 0 Å². The number of aromatic nitrogens is 1. The van der Waals surface area contributed by atoms with E-state index in [-0.39, 0.29) is 0 Å². The zero-order valence-corrected chi connectivity index (χ0v) is 9.33. The molecule has 3 rings (SSSR count). The molecule has 0 aliphatic carbocycles. The number of halogens is 1. The minimum atomic E-state index is -0.853. The van der Waals surface area contributed by atoms with Gasteiger partial charge in [-0.25, -0.2) is 4.98 Å². The van der Waals surface area contributed by atoms with E-state index in [0.29, 0.717) is 23.8 Å². The van der Waals surface area contributed by atoms with Crippen LogP contribution in [-0.2, 0) is 5.60 Å². The van der Waals surface area contributed by atoms with E-state index in [1.54, 1.807) is 0 Å². The van der Waals surface area contributed by atoms with Crippen LogP contribution in [0.5, 0.6) is 0 Å². The number of β-amino-alcohol motifs (C(OH)–C–C–N with tert-alkyl or cyclic N) is 1. The van der Waals surface area contributed by atoms with E-state index < -0.39 is 5.60 Å². The summed E-state index contributed by atoms with van der Waals surface area (Å²) in [5.41, 5.74) is 0.715. The highest BCUT2D eigenvalue weighted by Crippen LogP contribution is 2.32. The Hall–Kier alpha value is -1.16. The molecule has 0 bridgehead atoms. The Morgan fingerprint density at radius 3 is 2.75 bits per heavy atom. The number of rotatable bonds is 1. The molecule has 16 heavy (non-hydrogen) atoms. The lowest BCUT2D eigenvalue weighted by molar-refractivity contribution is -0.0147. The maximum absolute atomic E-state index is 10.2. The molecular formula is C12H11ClN2O. The van der Waals surface area contributed by atoms with Gasteiger partial charge in [0.25, 0.3) is 0 Å². The number of hydrogen-bond donors (Lipinski definition) is 2. The van der Waals surface area contributed by atoms with Crippen molar-refractivity contribution in [3.63, 3.8) is 0 Å². The topological polar surface area (TPSA) is 45.2 Å². The summed E-state index contributed by atoms with van der Waals surface area (Å²) >= 11 is 6.10. The second-order valence-corrected chi connectivity index (χ2v) is 4.51. The summed E-state index contributed by atoms with van der Waals surface area (Å²) in [5.74, 6) is 0. The molecule has 1 fully saturated rings. The Morgan fingerprint density at radius 2 is 2.06 bits per heavy atom. The molecule has 4 heteroatoms. The Labute approximate surface area is 98.1 Å². The van der Waals surface area contributed by atoms with Crippen LogP contribution in [0, 0.1) is 0 Å². The van der Waals surface area contributed by atoms with Gasteiger partial charge in [0.1, 0.15) is 10.8 Å². The summed E-state index contributed by atoms with van der Waals surface area (Å²) in [6.07, 6.45) is 0. The maximum atomic E-state index is 10.2. The standard InChI is InChI=1S/C12H11ClN2O/c13-11-9(12(16)6-14-7-12)5-8-3-1-2-4-10(8)15-11/h1-5,14,16H,6-7H2. The van der Waals surface area contributed by atoms with Gasteiger partial charge < -0.3 is 10.4 Å². The number of benzene rings is 1. The van der Waals surface area contributed by atoms with E-state index >= 15 is 0 Å². The second kappa shape index (κ2) is 3.42. The van der Waals surface area contributed by atoms with Crippen molar-refractivity contribution < 1.29 is 5.11 Å². The second-order valence-electron chi connectivity index (χ2n) is 4.15. The van der Waals surface area contributed by atoms with Gasteiger partial charge in [-0.15, -0.1) is 0 Å². The first kappa shape index (κ1) is 10.0. The molecule has 2 N–H and O–H groups in total. The largest absolute Gasteiger partial charge is 0.382 e. The smallest absolute Gasteiger partial charge is 0.135 e. The summed E-state index contributed by atoms with van der Waals surface area (Å²) in [6, 6.07) is 9.67. The van der Waals surface area contributed by atoms with Crippen LogP contribution >= 0.6 is 11.6 Å². The Morgan fingerprint density at radius 1 is 1.31 bits per heavy atom. The molecule has 1 aliphatic rings. The first-order chi connectivity index (χ1) is 7.69. The highest BCUT2D eigenvalue weighted by molar-refractivity contribution is 6.30. The SMILES string of the molecule is OC1(c2cc3ccccc3nc2Cl)CNC1. The van der Waals surface area contributed by atoms with E-state index in [1.165, 1.54) is 0 Å². The number of pyridine rings is 1. The normalized spacial score (nSPS) is 18.4. The number of nitrogens with one attached hydrogen (secondary N) is 1. The Kier molecular flexibility index (Phi) is 2.14. The number of aliphatic hydroxyl groups is 1. The van der Waals surface area contributed by atoms with Crippen LogP contribution < -0.4 is 5.32 Å². The first-order valence-electron chi connectivity index (χ1n) is 5.18. The molecular weight excluding hydrogens is 224 g/mol. The van der Waals surface area contributed by atoms with Crippen LogP contribution in [0.15, 0.2) is 30.3 Å². The van der Waals surface area contributed by atoms with Crippen LogP contribution in [0.25, 0.3) is 10.9 Å². The molecule has 1 aliphatic heterocycles. The lowest BCUT2D eigenvalue weighted by Crippen LogP contribution is -2.56. The molecule has 0 amide bonds. The van der Waals surface area contributed by atoms with Gasteiger partial charge in [0.05, 0.1) is 5.52 Å². The van der Waals surface area contributed by atoms with Crippen LogP contribution in [0.2, 0.25) is 5.15 Å². The van der Waals surface area contributed by atoms with Crippen molar-refractivity contribution in [2.24, 2.45) is 0 Å². The predicted octanol–water partition coefficient (Wildman–Crippen LogP) is 1.68. The van der Waals surface area contributed by atoms with E-state index in [0.717, 1.165) is 10.9 Å². The van der Waals surface area contributed by atoms with Crippen molar-refractivity contribution in [3.05, 3.63) is 41.0 Å². The van der Waals surface area contributed by atoms with Crippen LogP contribution in [0.3, 0.4) is 0 Å². The molecule has 0 saturated carbocycles. The van der Waals surface area contributed by atoms with Gasteiger partial charge in [-0.05, 0) is 12.1 Å². The van der Waals surface area contributed by atoms with Gasteiger partial charge in [0.15, 0.2) is 0 Å². The summed E-state index contributed by atoms with van der Waals surface area (Å²) in [6.45, 7) is 1.07. The molecule has 0 atom stereocenters. The summed E-state index contributed by atoms with van der Waals surface area (Å²) in [7, 11) is 0. The minimum absolute atomic E-state index is 0.391. The summed E-state index contributed by atoms with van der Waals surface area (Å²) in [5, 5.41) is 14.7. The van der Waals surface area contributed by atoms with Gasteiger partial charge in [0, 0.05) is 24.0 Å². The molecule has 3 nitrogen and oxygen atoms in total. The molecule has 1 aromatic carbocycles. The summed E-state index contributed by atoms with van der Waals surface area (Å²) < 4.78 is 0. The first-order valence-corrected chi connectivity index (χ1v) is 5.56. The molecule has 82 valence electrons. The number of para-hydroxylation sites is 1. The van der Waals surface area contributed by atoms with Gasteiger partial charge in [0.2, 0.25) is 0 Å². The maximum Gasteiger partial charge on any atom is 0.135 e. The average Bonchev–Trinajstić information content (AvgIpc) is 2.25. The van der Waals surface area contributed by atoms with E-state index in [4.69, 9.17) is 11.6 Å². The van der Waals surface area contributed by atoms with E-state index in [1.807, 2.05) is 30.3 Å². The van der Waals surface area contributed by atoms with E-state index in [2.05, 4.69) is 10.3 Å². The zero-order valence-electron chi connectivity index (χ0n) is 8.57. The minimum Gasteiger partial charge on any atom is -0.382 e. The highest BCUT2D eigenvalue weighted by Gasteiger charge is 2.38. The van der Waals surface area contributed by atoms with E-state index in [9.17, 15) is 5.11 Å².